The zero-order valence-corrected chi connectivity index (χ0v) is 18.4. The summed E-state index contributed by atoms with van der Waals surface area (Å²) in [5.74, 6) is -2.17. The number of aromatic amines is 1. The molecule has 3 amide bonds. The van der Waals surface area contributed by atoms with Crippen molar-refractivity contribution >= 4 is 46.2 Å². The second-order valence-corrected chi connectivity index (χ2v) is 8.13. The van der Waals surface area contributed by atoms with E-state index in [1.807, 2.05) is 24.3 Å². The van der Waals surface area contributed by atoms with Crippen LogP contribution in [0, 0.1) is 0 Å². The Morgan fingerprint density at radius 1 is 1.12 bits per heavy atom. The van der Waals surface area contributed by atoms with Gasteiger partial charge in [0, 0.05) is 36.5 Å². The molecule has 0 radical (unpaired) electrons. The van der Waals surface area contributed by atoms with E-state index >= 15 is 0 Å². The Morgan fingerprint density at radius 2 is 1.88 bits per heavy atom. The highest BCUT2D eigenvalue weighted by atomic mass is 35.5. The minimum absolute atomic E-state index is 0.135. The number of ether oxygens (including phenoxy) is 1. The van der Waals surface area contributed by atoms with Crippen LogP contribution in [0.3, 0.4) is 0 Å². The summed E-state index contributed by atoms with van der Waals surface area (Å²) >= 11 is 6.13. The molecule has 8 nitrogen and oxygen atoms in total. The number of likely N-dealkylation sites (tertiary alicyclic amines) is 1. The molecule has 2 aromatic carbocycles. The Labute approximate surface area is 194 Å². The van der Waals surface area contributed by atoms with Gasteiger partial charge >= 0.3 is 5.97 Å². The number of para-hydroxylation sites is 1. The number of esters is 1. The molecular formula is C24H22ClN3O5. The van der Waals surface area contributed by atoms with Gasteiger partial charge < -0.3 is 15.0 Å². The molecule has 9 heteroatoms. The summed E-state index contributed by atoms with van der Waals surface area (Å²) in [6.45, 7) is -0.256. The van der Waals surface area contributed by atoms with Gasteiger partial charge in [-0.3, -0.25) is 19.3 Å². The van der Waals surface area contributed by atoms with E-state index in [-0.39, 0.29) is 22.9 Å². The number of amides is 3. The van der Waals surface area contributed by atoms with Crippen LogP contribution in [-0.2, 0) is 25.5 Å². The molecule has 2 heterocycles. The van der Waals surface area contributed by atoms with Crippen molar-refractivity contribution in [2.24, 2.45) is 0 Å². The van der Waals surface area contributed by atoms with Gasteiger partial charge in [0.1, 0.15) is 6.04 Å². The zero-order valence-electron chi connectivity index (χ0n) is 17.7. The first-order valence-electron chi connectivity index (χ1n) is 10.5. The first-order chi connectivity index (χ1) is 15.9. The van der Waals surface area contributed by atoms with Gasteiger partial charge in [0.05, 0.1) is 10.6 Å². The van der Waals surface area contributed by atoms with Crippen molar-refractivity contribution in [1.82, 2.24) is 15.2 Å². The predicted molar refractivity (Wildman–Crippen MR) is 122 cm³/mol. The number of nitrogens with zero attached hydrogens (tertiary/aromatic N) is 1. The van der Waals surface area contributed by atoms with Crippen LogP contribution in [0.1, 0.15) is 28.8 Å². The van der Waals surface area contributed by atoms with E-state index in [2.05, 4.69) is 10.3 Å². The van der Waals surface area contributed by atoms with Gasteiger partial charge in [-0.1, -0.05) is 41.9 Å². The van der Waals surface area contributed by atoms with Crippen LogP contribution in [0.15, 0.2) is 54.7 Å². The molecule has 1 fully saturated rings. The summed E-state index contributed by atoms with van der Waals surface area (Å²) in [6.07, 6.45) is 2.79. The number of H-pyrrole nitrogens is 1. The first-order valence-corrected chi connectivity index (χ1v) is 10.9. The quantitative estimate of drug-likeness (QED) is 0.519. The second kappa shape index (κ2) is 9.87. The molecule has 0 bridgehead atoms. The van der Waals surface area contributed by atoms with Crippen molar-refractivity contribution in [2.75, 3.05) is 13.2 Å². The van der Waals surface area contributed by atoms with E-state index < -0.39 is 30.4 Å². The molecule has 1 aliphatic heterocycles. The minimum Gasteiger partial charge on any atom is -0.454 e. The molecule has 1 atom stereocenters. The molecular weight excluding hydrogens is 446 g/mol. The van der Waals surface area contributed by atoms with Crippen LogP contribution in [-0.4, -0.2) is 52.8 Å². The van der Waals surface area contributed by atoms with Crippen LogP contribution in [0.5, 0.6) is 0 Å². The number of carbonyl (C=O) groups excluding carboxylic acids is 4. The van der Waals surface area contributed by atoms with E-state index in [1.54, 1.807) is 30.5 Å². The van der Waals surface area contributed by atoms with Gasteiger partial charge in [-0.2, -0.15) is 0 Å². The predicted octanol–water partition coefficient (Wildman–Crippen LogP) is 2.85. The van der Waals surface area contributed by atoms with Crippen LogP contribution in [0.4, 0.5) is 0 Å². The number of nitrogens with one attached hydrogen (secondary N) is 2. The van der Waals surface area contributed by atoms with Crippen molar-refractivity contribution in [1.29, 1.82) is 0 Å². The molecule has 170 valence electrons. The molecule has 1 aliphatic rings. The lowest BCUT2D eigenvalue weighted by Crippen LogP contribution is -2.45. The molecule has 0 aliphatic carbocycles. The van der Waals surface area contributed by atoms with E-state index in [4.69, 9.17) is 16.3 Å². The zero-order chi connectivity index (χ0) is 23.4. The molecule has 3 aromatic rings. The highest BCUT2D eigenvalue weighted by Crippen LogP contribution is 2.20. The fraction of sp³-hybridized carbons (Fsp3) is 0.250. The highest BCUT2D eigenvalue weighted by Gasteiger charge is 2.29. The molecule has 2 N–H and O–H groups in total. The van der Waals surface area contributed by atoms with Crippen molar-refractivity contribution in [3.05, 3.63) is 70.9 Å². The Balaban J connectivity index is 1.51. The van der Waals surface area contributed by atoms with Gasteiger partial charge in [-0.25, -0.2) is 4.79 Å². The third-order valence-electron chi connectivity index (χ3n) is 5.52. The number of imide groups is 1. The lowest BCUT2D eigenvalue weighted by atomic mass is 10.0. The largest absolute Gasteiger partial charge is 0.454 e. The standard InChI is InChI=1S/C24H22ClN3O5/c25-18-8-3-1-7-17(18)23(31)27-20(12-15-13-26-19-9-4-2-6-16(15)19)24(32)33-14-22(30)28-11-5-10-21(28)29/h1-4,6-9,13,20,26H,5,10-12,14H2,(H,27,31)/t20-/m0/s1. The van der Waals surface area contributed by atoms with Crippen molar-refractivity contribution in [3.63, 3.8) is 0 Å². The van der Waals surface area contributed by atoms with Crippen LogP contribution >= 0.6 is 11.6 Å². The molecule has 1 saturated heterocycles. The monoisotopic (exact) mass is 467 g/mol. The van der Waals surface area contributed by atoms with Gasteiger partial charge in [0.15, 0.2) is 6.61 Å². The summed E-state index contributed by atoms with van der Waals surface area (Å²) in [7, 11) is 0. The van der Waals surface area contributed by atoms with Crippen molar-refractivity contribution in [3.8, 4) is 0 Å². The highest BCUT2D eigenvalue weighted by molar-refractivity contribution is 6.33. The molecule has 33 heavy (non-hydrogen) atoms. The third-order valence-corrected chi connectivity index (χ3v) is 5.85. The summed E-state index contributed by atoms with van der Waals surface area (Å²) < 4.78 is 5.21. The number of rotatable bonds is 7. The first kappa shape index (κ1) is 22.5. The van der Waals surface area contributed by atoms with Crippen LogP contribution in [0.25, 0.3) is 10.9 Å². The Bertz CT molecular complexity index is 1220. The fourth-order valence-electron chi connectivity index (χ4n) is 3.82. The molecule has 0 saturated carbocycles. The summed E-state index contributed by atoms with van der Waals surface area (Å²) in [5, 5.41) is 3.83. The fourth-order valence-corrected chi connectivity index (χ4v) is 4.04. The van der Waals surface area contributed by atoms with Gasteiger partial charge in [-0.05, 0) is 30.2 Å². The van der Waals surface area contributed by atoms with Crippen molar-refractivity contribution < 1.29 is 23.9 Å². The summed E-state index contributed by atoms with van der Waals surface area (Å²) in [6, 6.07) is 13.0. The van der Waals surface area contributed by atoms with E-state index in [9.17, 15) is 19.2 Å². The van der Waals surface area contributed by atoms with E-state index in [1.165, 1.54) is 0 Å². The molecule has 0 spiro atoms. The molecule has 4 rings (SSSR count). The molecule has 1 aromatic heterocycles. The second-order valence-electron chi connectivity index (χ2n) is 7.72. The lowest BCUT2D eigenvalue weighted by Gasteiger charge is -2.19. The number of hydrogen-bond acceptors (Lipinski definition) is 5. The maximum Gasteiger partial charge on any atom is 0.329 e. The summed E-state index contributed by atoms with van der Waals surface area (Å²) in [5.41, 5.74) is 1.91. The number of hydrogen-bond donors (Lipinski definition) is 2. The maximum atomic E-state index is 12.9. The smallest absolute Gasteiger partial charge is 0.329 e. The van der Waals surface area contributed by atoms with E-state index in [0.717, 1.165) is 21.4 Å². The van der Waals surface area contributed by atoms with E-state index in [0.29, 0.717) is 19.4 Å². The van der Waals surface area contributed by atoms with Crippen molar-refractivity contribution in [2.45, 2.75) is 25.3 Å². The Morgan fingerprint density at radius 3 is 2.64 bits per heavy atom. The number of fused-ring (bicyclic) bond motifs is 1. The third kappa shape index (κ3) is 5.06. The Hall–Kier alpha value is -3.65. The minimum atomic E-state index is -1.07. The average molecular weight is 468 g/mol. The normalized spacial score (nSPS) is 14.3. The lowest BCUT2D eigenvalue weighted by molar-refractivity contribution is -0.155. The Kier molecular flexibility index (Phi) is 6.74. The van der Waals surface area contributed by atoms with Gasteiger partial charge in [-0.15, -0.1) is 0 Å². The average Bonchev–Trinajstić information content (AvgIpc) is 3.43. The topological polar surface area (TPSA) is 109 Å². The van der Waals surface area contributed by atoms with Gasteiger partial charge in [0.2, 0.25) is 5.91 Å². The number of carbonyl (C=O) groups is 4. The number of aromatic nitrogens is 1. The SMILES string of the molecule is O=C(N[C@@H](Cc1c[nH]c2ccccc12)C(=O)OCC(=O)N1CCCC1=O)c1ccccc1Cl. The van der Waals surface area contributed by atoms with Crippen LogP contribution < -0.4 is 5.32 Å². The van der Waals surface area contributed by atoms with Gasteiger partial charge in [0.25, 0.3) is 11.8 Å². The van der Waals surface area contributed by atoms with Crippen LogP contribution in [0.2, 0.25) is 5.02 Å². The maximum absolute atomic E-state index is 12.9. The number of halogens is 1. The number of benzene rings is 2. The summed E-state index contributed by atoms with van der Waals surface area (Å²) in [4.78, 5) is 54.0. The molecule has 0 unspecified atom stereocenters.